The van der Waals surface area contributed by atoms with Gasteiger partial charge >= 0.3 is 0 Å². The number of nitriles is 1. The van der Waals surface area contributed by atoms with Crippen LogP contribution in [0.25, 0.3) is 0 Å². The molecule has 0 saturated carbocycles. The number of hydrogen-bond donors (Lipinski definition) is 0. The number of nitrogens with zero attached hydrogens (tertiary/aromatic N) is 1. The summed E-state index contributed by atoms with van der Waals surface area (Å²) in [5.74, 6) is 11.6. The largest absolute Gasteiger partial charge is 0.353 e. The number of rotatable bonds is 2. The van der Waals surface area contributed by atoms with Crippen molar-refractivity contribution in [3.63, 3.8) is 0 Å². The second kappa shape index (κ2) is 9.43. The van der Waals surface area contributed by atoms with E-state index in [1.54, 1.807) is 18.2 Å². The quantitative estimate of drug-likeness (QED) is 0.787. The van der Waals surface area contributed by atoms with Gasteiger partial charge in [0.1, 0.15) is 12.7 Å². The maximum Gasteiger partial charge on any atom is 0.158 e. The van der Waals surface area contributed by atoms with Crippen LogP contribution in [0.1, 0.15) is 30.4 Å². The Bertz CT molecular complexity index is 671. The molecule has 1 aromatic rings. The summed E-state index contributed by atoms with van der Waals surface area (Å²) in [5.41, 5.74) is 1.30. The normalized spacial score (nSPS) is 17.0. The first kappa shape index (κ1) is 15.9. The summed E-state index contributed by atoms with van der Waals surface area (Å²) < 4.78 is 10.9. The molecule has 1 heterocycles. The zero-order valence-corrected chi connectivity index (χ0v) is 12.3. The molecule has 0 aromatic heterocycles. The first-order valence-electron chi connectivity index (χ1n) is 7.27. The molecule has 22 heavy (non-hydrogen) atoms. The first-order chi connectivity index (χ1) is 10.9. The molecule has 0 radical (unpaired) electrons. The number of benzene rings is 1. The minimum absolute atomic E-state index is 0.102. The number of hydrogen-bond acceptors (Lipinski definition) is 3. The molecule has 0 spiro atoms. The molecule has 1 saturated heterocycles. The van der Waals surface area contributed by atoms with Crippen molar-refractivity contribution >= 4 is 0 Å². The molecule has 0 N–H and O–H groups in total. The standard InChI is InChI=1S/C19H17NO2/c20-16-18-12-6-5-11-17(18)10-4-2-1-3-8-14-21-19-13-7-9-15-22-19/h1-2,5-6,11-12,19H,7,9,13-15H2. The van der Waals surface area contributed by atoms with Crippen molar-refractivity contribution in [1.82, 2.24) is 0 Å². The Balaban J connectivity index is 1.76. The van der Waals surface area contributed by atoms with Gasteiger partial charge in [0.25, 0.3) is 0 Å². The molecular weight excluding hydrogens is 274 g/mol. The third kappa shape index (κ3) is 5.47. The van der Waals surface area contributed by atoms with Crippen molar-refractivity contribution in [1.29, 1.82) is 5.26 Å². The lowest BCUT2D eigenvalue weighted by atomic mass is 10.1. The lowest BCUT2D eigenvalue weighted by molar-refractivity contribution is -0.154. The van der Waals surface area contributed by atoms with E-state index in [0.717, 1.165) is 31.4 Å². The summed E-state index contributed by atoms with van der Waals surface area (Å²) in [4.78, 5) is 0. The van der Waals surface area contributed by atoms with Crippen LogP contribution in [0.3, 0.4) is 0 Å². The molecular formula is C19H17NO2. The van der Waals surface area contributed by atoms with Crippen LogP contribution in [0.2, 0.25) is 0 Å². The first-order valence-corrected chi connectivity index (χ1v) is 7.27. The molecule has 1 atom stereocenters. The van der Waals surface area contributed by atoms with Crippen molar-refractivity contribution in [2.75, 3.05) is 13.2 Å². The second-order valence-electron chi connectivity index (χ2n) is 4.69. The molecule has 0 aliphatic carbocycles. The van der Waals surface area contributed by atoms with Crippen LogP contribution in [0.5, 0.6) is 0 Å². The van der Waals surface area contributed by atoms with Crippen LogP contribution in [0.4, 0.5) is 0 Å². The Morgan fingerprint density at radius 2 is 2.00 bits per heavy atom. The van der Waals surface area contributed by atoms with E-state index in [0.29, 0.717) is 12.2 Å². The molecule has 0 bridgehead atoms. The van der Waals surface area contributed by atoms with Gasteiger partial charge in [-0.3, -0.25) is 0 Å². The fraction of sp³-hybridized carbons (Fsp3) is 0.316. The highest BCUT2D eigenvalue weighted by molar-refractivity contribution is 5.48. The smallest absolute Gasteiger partial charge is 0.158 e. The van der Waals surface area contributed by atoms with Gasteiger partial charge in [-0.25, -0.2) is 0 Å². The van der Waals surface area contributed by atoms with E-state index >= 15 is 0 Å². The Morgan fingerprint density at radius 1 is 1.18 bits per heavy atom. The second-order valence-corrected chi connectivity index (χ2v) is 4.69. The predicted octanol–water partition coefficient (Wildman–Crippen LogP) is 3.01. The maximum absolute atomic E-state index is 8.94. The molecule has 3 heteroatoms. The van der Waals surface area contributed by atoms with E-state index in [4.69, 9.17) is 14.7 Å². The fourth-order valence-electron chi connectivity index (χ4n) is 1.97. The molecule has 1 aromatic carbocycles. The Morgan fingerprint density at radius 3 is 2.77 bits per heavy atom. The fourth-order valence-corrected chi connectivity index (χ4v) is 1.97. The van der Waals surface area contributed by atoms with Crippen molar-refractivity contribution < 1.29 is 9.47 Å². The van der Waals surface area contributed by atoms with Crippen LogP contribution < -0.4 is 0 Å². The third-order valence-corrected chi connectivity index (χ3v) is 3.09. The van der Waals surface area contributed by atoms with E-state index in [1.807, 2.05) is 18.2 Å². The molecule has 110 valence electrons. The van der Waals surface area contributed by atoms with Gasteiger partial charge in [0.15, 0.2) is 6.29 Å². The van der Waals surface area contributed by atoms with Gasteiger partial charge in [-0.1, -0.05) is 35.8 Å². The molecule has 1 unspecified atom stereocenters. The van der Waals surface area contributed by atoms with Gasteiger partial charge in [0.2, 0.25) is 0 Å². The van der Waals surface area contributed by atoms with Gasteiger partial charge in [-0.05, 0) is 43.5 Å². The average molecular weight is 291 g/mol. The molecule has 0 amide bonds. The highest BCUT2D eigenvalue weighted by Crippen LogP contribution is 2.12. The lowest BCUT2D eigenvalue weighted by Gasteiger charge is -2.21. The van der Waals surface area contributed by atoms with Crippen LogP contribution in [0.15, 0.2) is 36.4 Å². The highest BCUT2D eigenvalue weighted by atomic mass is 16.7. The number of ether oxygens (including phenoxy) is 2. The summed E-state index contributed by atoms with van der Waals surface area (Å²) >= 11 is 0. The maximum atomic E-state index is 8.94. The van der Waals surface area contributed by atoms with Crippen molar-refractivity contribution in [2.24, 2.45) is 0 Å². The summed E-state index contributed by atoms with van der Waals surface area (Å²) in [7, 11) is 0. The summed E-state index contributed by atoms with van der Waals surface area (Å²) in [5, 5.41) is 8.94. The number of allylic oxidation sites excluding steroid dienone is 2. The van der Waals surface area contributed by atoms with Crippen LogP contribution in [-0.2, 0) is 9.47 Å². The van der Waals surface area contributed by atoms with E-state index in [-0.39, 0.29) is 6.29 Å². The molecule has 3 nitrogen and oxygen atoms in total. The SMILES string of the molecule is N#Cc1ccccc1C#CC=CC#CCOC1CCCCO1. The molecule has 2 rings (SSSR count). The Kier molecular flexibility index (Phi) is 6.80. The van der Waals surface area contributed by atoms with Gasteiger partial charge in [0.05, 0.1) is 5.56 Å². The van der Waals surface area contributed by atoms with Crippen molar-refractivity contribution in [2.45, 2.75) is 25.6 Å². The Labute approximate surface area is 131 Å². The van der Waals surface area contributed by atoms with Gasteiger partial charge in [0, 0.05) is 12.2 Å². The van der Waals surface area contributed by atoms with Crippen molar-refractivity contribution in [3.8, 4) is 29.8 Å². The molecule has 1 aliphatic rings. The minimum atomic E-state index is -0.102. The van der Waals surface area contributed by atoms with Crippen LogP contribution in [0, 0.1) is 35.0 Å². The molecule has 1 aliphatic heterocycles. The lowest BCUT2D eigenvalue weighted by Crippen LogP contribution is -2.22. The van der Waals surface area contributed by atoms with E-state index in [9.17, 15) is 0 Å². The van der Waals surface area contributed by atoms with Crippen molar-refractivity contribution in [3.05, 3.63) is 47.5 Å². The van der Waals surface area contributed by atoms with Gasteiger partial charge < -0.3 is 9.47 Å². The van der Waals surface area contributed by atoms with E-state index < -0.39 is 0 Å². The van der Waals surface area contributed by atoms with E-state index in [2.05, 4.69) is 29.8 Å². The third-order valence-electron chi connectivity index (χ3n) is 3.09. The van der Waals surface area contributed by atoms with E-state index in [1.165, 1.54) is 0 Å². The zero-order chi connectivity index (χ0) is 15.5. The van der Waals surface area contributed by atoms with Crippen LogP contribution >= 0.6 is 0 Å². The summed E-state index contributed by atoms with van der Waals surface area (Å²) in [6.07, 6.45) is 6.45. The zero-order valence-electron chi connectivity index (χ0n) is 12.3. The highest BCUT2D eigenvalue weighted by Gasteiger charge is 2.12. The average Bonchev–Trinajstić information content (AvgIpc) is 2.58. The predicted molar refractivity (Wildman–Crippen MR) is 84.5 cm³/mol. The molecule has 1 fully saturated rings. The van der Waals surface area contributed by atoms with Gasteiger partial charge in [-0.2, -0.15) is 5.26 Å². The monoisotopic (exact) mass is 291 g/mol. The summed E-state index contributed by atoms with van der Waals surface area (Å²) in [6.45, 7) is 1.14. The van der Waals surface area contributed by atoms with Crippen LogP contribution in [-0.4, -0.2) is 19.5 Å². The minimum Gasteiger partial charge on any atom is -0.353 e. The van der Waals surface area contributed by atoms with Gasteiger partial charge in [-0.15, -0.1) is 0 Å². The topological polar surface area (TPSA) is 42.2 Å². The Hall–Kier alpha value is -2.51. The summed E-state index contributed by atoms with van der Waals surface area (Å²) in [6, 6.07) is 9.36.